The number of sulfone groups is 1. The highest BCUT2D eigenvalue weighted by molar-refractivity contribution is 7.90. The molecule has 1 heterocycles. The van der Waals surface area contributed by atoms with Crippen LogP contribution >= 0.6 is 11.6 Å². The monoisotopic (exact) mass is 439 g/mol. The number of halogens is 1. The number of nitrogens with one attached hydrogen (secondary N) is 1. The van der Waals surface area contributed by atoms with E-state index in [0.717, 1.165) is 19.1 Å². The van der Waals surface area contributed by atoms with Crippen molar-refractivity contribution in [1.29, 1.82) is 0 Å². The third-order valence-electron chi connectivity index (χ3n) is 4.49. The summed E-state index contributed by atoms with van der Waals surface area (Å²) in [6, 6.07) is 6.37. The topological polar surface area (TPSA) is 107 Å². The average molecular weight is 440 g/mol. The molecule has 10 heteroatoms. The predicted octanol–water partition coefficient (Wildman–Crippen LogP) is 3.00. The summed E-state index contributed by atoms with van der Waals surface area (Å²) in [7, 11) is -0.541. The Labute approximate surface area is 174 Å². The molecule has 156 valence electrons. The van der Waals surface area contributed by atoms with Crippen LogP contribution in [0.2, 0.25) is 5.02 Å². The summed E-state index contributed by atoms with van der Waals surface area (Å²) in [5.74, 6) is 0.637. The van der Waals surface area contributed by atoms with E-state index in [2.05, 4.69) is 15.3 Å². The minimum atomic E-state index is -3.34. The number of hydrogen-bond acceptors (Lipinski definition) is 8. The summed E-state index contributed by atoms with van der Waals surface area (Å²) in [6.45, 7) is 0. The molecular weight excluding hydrogens is 418 g/mol. The van der Waals surface area contributed by atoms with E-state index < -0.39 is 21.8 Å². The maximum absolute atomic E-state index is 12.1. The van der Waals surface area contributed by atoms with E-state index in [1.165, 1.54) is 7.11 Å². The van der Waals surface area contributed by atoms with E-state index in [1.807, 2.05) is 0 Å². The molecule has 1 N–H and O–H groups in total. The highest BCUT2D eigenvalue weighted by Crippen LogP contribution is 2.40. The van der Waals surface area contributed by atoms with E-state index in [1.54, 1.807) is 31.4 Å². The lowest BCUT2D eigenvalue weighted by Crippen LogP contribution is -2.22. The average Bonchev–Trinajstić information content (AvgIpc) is 3.52. The number of nitrogens with zero attached hydrogens (tertiary/aromatic N) is 2. The van der Waals surface area contributed by atoms with Crippen LogP contribution in [0.1, 0.15) is 46.7 Å². The molecule has 1 aliphatic rings. The molecular formula is C19H22ClN3O5S. The molecule has 1 aromatic carbocycles. The summed E-state index contributed by atoms with van der Waals surface area (Å²) in [4.78, 5) is 20.8. The van der Waals surface area contributed by atoms with Crippen LogP contribution in [0.4, 0.5) is 5.82 Å². The number of anilines is 1. The minimum absolute atomic E-state index is 0.00624. The first-order chi connectivity index (χ1) is 13.7. The fourth-order valence-corrected chi connectivity index (χ4v) is 3.94. The third-order valence-corrected chi connectivity index (χ3v) is 5.79. The zero-order valence-corrected chi connectivity index (χ0v) is 17.9. The molecule has 0 amide bonds. The Morgan fingerprint density at radius 1 is 1.24 bits per heavy atom. The Balaban J connectivity index is 2.01. The van der Waals surface area contributed by atoms with E-state index in [9.17, 15) is 13.2 Å². The highest BCUT2D eigenvalue weighted by atomic mass is 35.5. The number of methoxy groups -OCH3 is 2. The van der Waals surface area contributed by atoms with Gasteiger partial charge in [-0.1, -0.05) is 23.7 Å². The van der Waals surface area contributed by atoms with Gasteiger partial charge in [0.05, 0.1) is 26.0 Å². The largest absolute Gasteiger partial charge is 0.497 e. The van der Waals surface area contributed by atoms with Crippen LogP contribution in [0.15, 0.2) is 24.3 Å². The van der Waals surface area contributed by atoms with E-state index in [0.29, 0.717) is 17.1 Å². The van der Waals surface area contributed by atoms with Gasteiger partial charge in [-0.3, -0.25) is 0 Å². The van der Waals surface area contributed by atoms with Crippen molar-refractivity contribution in [3.8, 4) is 5.75 Å². The van der Waals surface area contributed by atoms with Gasteiger partial charge in [-0.2, -0.15) is 0 Å². The molecule has 1 fully saturated rings. The number of ether oxygens (including phenoxy) is 2. The molecule has 1 saturated carbocycles. The number of esters is 1. The Morgan fingerprint density at radius 3 is 2.41 bits per heavy atom. The van der Waals surface area contributed by atoms with Gasteiger partial charge in [0.2, 0.25) is 0 Å². The molecule has 1 aliphatic carbocycles. The summed E-state index contributed by atoms with van der Waals surface area (Å²) in [5.41, 5.74) is 0.667. The van der Waals surface area contributed by atoms with Crippen LogP contribution in [0, 0.1) is 0 Å². The molecule has 0 radical (unpaired) electrons. The zero-order chi connectivity index (χ0) is 21.2. The van der Waals surface area contributed by atoms with Gasteiger partial charge >= 0.3 is 5.97 Å². The smallest absolute Gasteiger partial charge is 0.358 e. The van der Waals surface area contributed by atoms with Crippen molar-refractivity contribution in [3.63, 3.8) is 0 Å². The first-order valence-electron chi connectivity index (χ1n) is 8.95. The van der Waals surface area contributed by atoms with Crippen LogP contribution in [0.25, 0.3) is 0 Å². The fraction of sp³-hybridized carbons (Fsp3) is 0.421. The number of carbonyl (C=O) groups excluding carboxylic acids is 1. The Kier molecular flexibility index (Phi) is 6.28. The van der Waals surface area contributed by atoms with Crippen molar-refractivity contribution >= 4 is 33.2 Å². The molecule has 2 aromatic rings. The molecule has 1 atom stereocenters. The molecule has 1 unspecified atom stereocenters. The quantitative estimate of drug-likeness (QED) is 0.625. The van der Waals surface area contributed by atoms with Gasteiger partial charge in [0.15, 0.2) is 5.69 Å². The lowest BCUT2D eigenvalue weighted by atomic mass is 10.1. The van der Waals surface area contributed by atoms with Crippen LogP contribution in [-0.4, -0.2) is 50.6 Å². The van der Waals surface area contributed by atoms with Gasteiger partial charge < -0.3 is 14.8 Å². The number of rotatable bonds is 8. The Morgan fingerprint density at radius 2 is 1.90 bits per heavy atom. The standard InChI is InChI=1S/C19H22ClN3O5S/c1-27-13-8-6-11(7-9-13)14(10-29(3,25)26)21-18-15(20)16(19(24)28-2)22-17(23-18)12-4-5-12/h6-9,12,14H,4-5,10H2,1-3H3,(H,21,22,23). The van der Waals surface area contributed by atoms with Gasteiger partial charge in [-0.05, 0) is 30.5 Å². The SMILES string of the molecule is COC(=O)c1nc(C2CC2)nc(NC(CS(C)(=O)=O)c2ccc(OC)cc2)c1Cl. The molecule has 3 rings (SSSR count). The van der Waals surface area contributed by atoms with Gasteiger partial charge in [0, 0.05) is 12.2 Å². The summed E-state index contributed by atoms with van der Waals surface area (Å²) in [6.07, 6.45) is 3.00. The van der Waals surface area contributed by atoms with E-state index in [4.69, 9.17) is 21.1 Å². The van der Waals surface area contributed by atoms with Crippen LogP contribution in [0.5, 0.6) is 5.75 Å². The van der Waals surface area contributed by atoms with Crippen LogP contribution in [-0.2, 0) is 14.6 Å². The third kappa shape index (κ3) is 5.36. The van der Waals surface area contributed by atoms with E-state index in [-0.39, 0.29) is 28.2 Å². The second-order valence-electron chi connectivity index (χ2n) is 6.92. The predicted molar refractivity (Wildman–Crippen MR) is 109 cm³/mol. The molecule has 0 saturated heterocycles. The number of aromatic nitrogens is 2. The van der Waals surface area contributed by atoms with Crippen molar-refractivity contribution in [3.05, 3.63) is 46.4 Å². The second-order valence-corrected chi connectivity index (χ2v) is 9.48. The first kappa shape index (κ1) is 21.3. The van der Waals surface area contributed by atoms with Crippen LogP contribution in [0.3, 0.4) is 0 Å². The maximum atomic E-state index is 12.1. The molecule has 8 nitrogen and oxygen atoms in total. The van der Waals surface area contributed by atoms with Crippen molar-refractivity contribution in [2.24, 2.45) is 0 Å². The minimum Gasteiger partial charge on any atom is -0.497 e. The summed E-state index contributed by atoms with van der Waals surface area (Å²) < 4.78 is 34.0. The van der Waals surface area contributed by atoms with E-state index >= 15 is 0 Å². The maximum Gasteiger partial charge on any atom is 0.358 e. The van der Waals surface area contributed by atoms with Crippen LogP contribution < -0.4 is 10.1 Å². The zero-order valence-electron chi connectivity index (χ0n) is 16.3. The van der Waals surface area contributed by atoms with Crippen molar-refractivity contribution in [2.45, 2.75) is 24.8 Å². The summed E-state index contributed by atoms with van der Waals surface area (Å²) in [5, 5.41) is 3.08. The molecule has 29 heavy (non-hydrogen) atoms. The van der Waals surface area contributed by atoms with Gasteiger partial charge in [0.25, 0.3) is 0 Å². The number of carbonyl (C=O) groups is 1. The Bertz CT molecular complexity index is 1010. The molecule has 1 aromatic heterocycles. The lowest BCUT2D eigenvalue weighted by molar-refractivity contribution is 0.0593. The summed E-state index contributed by atoms with van der Waals surface area (Å²) >= 11 is 6.37. The molecule has 0 spiro atoms. The number of benzene rings is 1. The molecule has 0 bridgehead atoms. The molecule has 0 aliphatic heterocycles. The van der Waals surface area contributed by atoms with Gasteiger partial charge in [0.1, 0.15) is 32.3 Å². The number of hydrogen-bond donors (Lipinski definition) is 1. The van der Waals surface area contributed by atoms with Crippen molar-refractivity contribution in [1.82, 2.24) is 9.97 Å². The fourth-order valence-electron chi connectivity index (χ4n) is 2.84. The highest BCUT2D eigenvalue weighted by Gasteiger charge is 2.31. The van der Waals surface area contributed by atoms with Crippen molar-refractivity contribution in [2.75, 3.05) is 31.5 Å². The van der Waals surface area contributed by atoms with Gasteiger partial charge in [-0.15, -0.1) is 0 Å². The second kappa shape index (κ2) is 8.54. The van der Waals surface area contributed by atoms with Gasteiger partial charge in [-0.25, -0.2) is 23.2 Å². The lowest BCUT2D eigenvalue weighted by Gasteiger charge is -2.21. The van der Waals surface area contributed by atoms with Crippen molar-refractivity contribution < 1.29 is 22.7 Å². The first-order valence-corrected chi connectivity index (χ1v) is 11.4. The normalized spacial score (nSPS) is 14.9. The Hall–Kier alpha value is -2.39.